The fourth-order valence-electron chi connectivity index (χ4n) is 2.45. The van der Waals surface area contributed by atoms with Crippen LogP contribution in [0.1, 0.15) is 39.2 Å². The lowest BCUT2D eigenvalue weighted by Gasteiger charge is -2.28. The molecule has 4 heteroatoms. The molecule has 3 heterocycles. The summed E-state index contributed by atoms with van der Waals surface area (Å²) in [5, 5.41) is 4.45. The number of anilines is 1. The fourth-order valence-corrected chi connectivity index (χ4v) is 2.45. The van der Waals surface area contributed by atoms with Gasteiger partial charge in [-0.1, -0.05) is 27.7 Å². The molecule has 0 radical (unpaired) electrons. The van der Waals surface area contributed by atoms with E-state index in [1.54, 1.807) is 0 Å². The lowest BCUT2D eigenvalue weighted by atomic mass is 10.1. The third-order valence-corrected chi connectivity index (χ3v) is 3.53. The molecule has 3 rings (SSSR count). The summed E-state index contributed by atoms with van der Waals surface area (Å²) in [4.78, 5) is 2.35. The van der Waals surface area contributed by atoms with Gasteiger partial charge in [0, 0.05) is 18.7 Å². The van der Waals surface area contributed by atoms with Gasteiger partial charge in [0.05, 0.1) is 36.8 Å². The number of morpholine rings is 1. The molecule has 0 amide bonds. The first-order valence-corrected chi connectivity index (χ1v) is 7.55. The van der Waals surface area contributed by atoms with Gasteiger partial charge in [0.1, 0.15) is 0 Å². The Morgan fingerprint density at radius 3 is 2.50 bits per heavy atom. The summed E-state index contributed by atoms with van der Waals surface area (Å²) < 4.78 is 7.37. The van der Waals surface area contributed by atoms with E-state index in [4.69, 9.17) is 4.74 Å². The fraction of sp³-hybridized carbons (Fsp3) is 0.562. The molecule has 1 aliphatic heterocycles. The van der Waals surface area contributed by atoms with Crippen LogP contribution >= 0.6 is 0 Å². The average molecular weight is 275 g/mol. The van der Waals surface area contributed by atoms with Crippen LogP contribution in [0, 0.1) is 0 Å². The van der Waals surface area contributed by atoms with E-state index in [9.17, 15) is 0 Å². The van der Waals surface area contributed by atoms with Crippen molar-refractivity contribution >= 4 is 11.2 Å². The van der Waals surface area contributed by atoms with Gasteiger partial charge in [0.25, 0.3) is 0 Å². The highest BCUT2D eigenvalue weighted by molar-refractivity contribution is 5.60. The van der Waals surface area contributed by atoms with Crippen molar-refractivity contribution in [3.63, 3.8) is 0 Å². The monoisotopic (exact) mass is 275 g/mol. The molecule has 1 aliphatic rings. The standard InChI is InChI=1S/C14H19N3O.C2H6/c1-11(2)13-9-15-17-10-12(3-4-14(13)17)16-5-7-18-8-6-16;1-2/h3-4,9-11H,5-8H2,1-2H3;1-2H3. The average Bonchev–Trinajstić information content (AvgIpc) is 2.93. The van der Waals surface area contributed by atoms with E-state index in [-0.39, 0.29) is 0 Å². The number of fused-ring (bicyclic) bond motifs is 1. The van der Waals surface area contributed by atoms with Crippen LogP contribution in [0.3, 0.4) is 0 Å². The number of hydrogen-bond acceptors (Lipinski definition) is 3. The molecule has 4 nitrogen and oxygen atoms in total. The molecule has 0 saturated carbocycles. The van der Waals surface area contributed by atoms with Crippen molar-refractivity contribution < 1.29 is 4.74 Å². The highest BCUT2D eigenvalue weighted by Gasteiger charge is 2.13. The van der Waals surface area contributed by atoms with Crippen LogP contribution in [0.5, 0.6) is 0 Å². The second-order valence-electron chi connectivity index (χ2n) is 5.07. The van der Waals surface area contributed by atoms with E-state index in [1.165, 1.54) is 16.8 Å². The third kappa shape index (κ3) is 2.96. The Morgan fingerprint density at radius 2 is 1.85 bits per heavy atom. The highest BCUT2D eigenvalue weighted by Crippen LogP contribution is 2.23. The minimum absolute atomic E-state index is 0.511. The van der Waals surface area contributed by atoms with Crippen LogP contribution in [-0.4, -0.2) is 35.9 Å². The first-order chi connectivity index (χ1) is 9.75. The van der Waals surface area contributed by atoms with Crippen molar-refractivity contribution in [3.05, 3.63) is 30.1 Å². The molecule has 2 aromatic rings. The quantitative estimate of drug-likeness (QED) is 0.842. The van der Waals surface area contributed by atoms with Crippen molar-refractivity contribution in [2.45, 2.75) is 33.6 Å². The van der Waals surface area contributed by atoms with Crippen LogP contribution < -0.4 is 4.90 Å². The maximum atomic E-state index is 5.38. The van der Waals surface area contributed by atoms with Gasteiger partial charge < -0.3 is 9.64 Å². The number of rotatable bonds is 2. The Bertz CT molecular complexity index is 542. The van der Waals surface area contributed by atoms with E-state index in [0.717, 1.165) is 26.3 Å². The van der Waals surface area contributed by atoms with E-state index >= 15 is 0 Å². The Balaban J connectivity index is 0.000000704. The lowest BCUT2D eigenvalue weighted by Crippen LogP contribution is -2.36. The maximum absolute atomic E-state index is 5.38. The summed E-state index contributed by atoms with van der Waals surface area (Å²) in [5.41, 5.74) is 3.75. The third-order valence-electron chi connectivity index (χ3n) is 3.53. The number of aromatic nitrogens is 2. The molecule has 2 aromatic heterocycles. The second kappa shape index (κ2) is 6.75. The van der Waals surface area contributed by atoms with Gasteiger partial charge in [-0.15, -0.1) is 0 Å². The van der Waals surface area contributed by atoms with Gasteiger partial charge >= 0.3 is 0 Å². The number of nitrogens with zero attached hydrogens (tertiary/aromatic N) is 3. The zero-order chi connectivity index (χ0) is 14.5. The van der Waals surface area contributed by atoms with Gasteiger partial charge in [0.2, 0.25) is 0 Å². The molecule has 1 saturated heterocycles. The van der Waals surface area contributed by atoms with Crippen LogP contribution in [-0.2, 0) is 4.74 Å². The molecule has 0 bridgehead atoms. The molecule has 0 aliphatic carbocycles. The van der Waals surface area contributed by atoms with Gasteiger partial charge in [-0.2, -0.15) is 5.10 Å². The molecule has 0 unspecified atom stereocenters. The van der Waals surface area contributed by atoms with Crippen molar-refractivity contribution in [3.8, 4) is 0 Å². The molecule has 0 atom stereocenters. The van der Waals surface area contributed by atoms with Crippen molar-refractivity contribution in [2.24, 2.45) is 0 Å². The lowest BCUT2D eigenvalue weighted by molar-refractivity contribution is 0.122. The van der Waals surface area contributed by atoms with E-state index in [2.05, 4.69) is 42.2 Å². The van der Waals surface area contributed by atoms with Gasteiger partial charge in [-0.05, 0) is 18.1 Å². The molecule has 0 aromatic carbocycles. The molecule has 1 fully saturated rings. The molecule has 0 N–H and O–H groups in total. The van der Waals surface area contributed by atoms with E-state index in [0.29, 0.717) is 5.92 Å². The largest absolute Gasteiger partial charge is 0.378 e. The molecule has 20 heavy (non-hydrogen) atoms. The van der Waals surface area contributed by atoms with Crippen LogP contribution in [0.4, 0.5) is 5.69 Å². The summed E-state index contributed by atoms with van der Waals surface area (Å²) in [6, 6.07) is 4.36. The van der Waals surface area contributed by atoms with Crippen molar-refractivity contribution in [1.82, 2.24) is 9.61 Å². The predicted octanol–water partition coefficient (Wildman–Crippen LogP) is 3.32. The van der Waals surface area contributed by atoms with Gasteiger partial charge in [-0.25, -0.2) is 4.52 Å². The summed E-state index contributed by atoms with van der Waals surface area (Å²) in [6.07, 6.45) is 4.09. The molecule has 0 spiro atoms. The highest BCUT2D eigenvalue weighted by atomic mass is 16.5. The normalized spacial score (nSPS) is 15.3. The van der Waals surface area contributed by atoms with E-state index in [1.807, 2.05) is 24.6 Å². The van der Waals surface area contributed by atoms with Crippen LogP contribution in [0.25, 0.3) is 5.52 Å². The number of ether oxygens (including phenoxy) is 1. The summed E-state index contributed by atoms with van der Waals surface area (Å²) >= 11 is 0. The minimum atomic E-state index is 0.511. The summed E-state index contributed by atoms with van der Waals surface area (Å²) in [5.74, 6) is 0.511. The Hall–Kier alpha value is -1.55. The van der Waals surface area contributed by atoms with Gasteiger partial charge in [-0.3, -0.25) is 0 Å². The first-order valence-electron chi connectivity index (χ1n) is 7.55. The zero-order valence-corrected chi connectivity index (χ0v) is 13.0. The van der Waals surface area contributed by atoms with Crippen molar-refractivity contribution in [2.75, 3.05) is 31.2 Å². The number of hydrogen-bond donors (Lipinski definition) is 0. The Kier molecular flexibility index (Phi) is 5.01. The summed E-state index contributed by atoms with van der Waals surface area (Å²) in [6.45, 7) is 12.0. The zero-order valence-electron chi connectivity index (χ0n) is 13.0. The van der Waals surface area contributed by atoms with Crippen molar-refractivity contribution in [1.29, 1.82) is 0 Å². The Labute approximate surface area is 121 Å². The molecular formula is C16H25N3O. The first kappa shape index (κ1) is 14.9. The van der Waals surface area contributed by atoms with E-state index < -0.39 is 0 Å². The molecule has 110 valence electrons. The van der Waals surface area contributed by atoms with Crippen LogP contribution in [0.2, 0.25) is 0 Å². The number of pyridine rings is 1. The second-order valence-corrected chi connectivity index (χ2v) is 5.07. The van der Waals surface area contributed by atoms with Crippen LogP contribution in [0.15, 0.2) is 24.5 Å². The summed E-state index contributed by atoms with van der Waals surface area (Å²) in [7, 11) is 0. The minimum Gasteiger partial charge on any atom is -0.378 e. The predicted molar refractivity (Wildman–Crippen MR) is 83.7 cm³/mol. The van der Waals surface area contributed by atoms with Gasteiger partial charge in [0.15, 0.2) is 0 Å². The SMILES string of the molecule is CC.CC(C)c1cnn2cc(N3CCOCC3)ccc12. The maximum Gasteiger partial charge on any atom is 0.0697 e. The Morgan fingerprint density at radius 1 is 1.15 bits per heavy atom. The smallest absolute Gasteiger partial charge is 0.0697 e. The topological polar surface area (TPSA) is 29.8 Å². The molecular weight excluding hydrogens is 250 g/mol.